The van der Waals surface area contributed by atoms with Crippen molar-refractivity contribution in [3.63, 3.8) is 0 Å². The second-order valence-electron chi connectivity index (χ2n) is 8.91. The van der Waals surface area contributed by atoms with Crippen LogP contribution in [0.1, 0.15) is 54.0 Å². The van der Waals surface area contributed by atoms with Crippen LogP contribution in [0.15, 0.2) is 29.6 Å². The number of aromatic nitrogens is 2. The normalized spacial score (nSPS) is 20.3. The third-order valence-electron chi connectivity index (χ3n) is 6.88. The number of rotatable bonds is 8. The number of thioether (sulfide) groups is 1. The Morgan fingerprint density at radius 2 is 1.84 bits per heavy atom. The zero-order chi connectivity index (χ0) is 21.6. The standard InChI is InChI=1S/C25H36N4OS/c1-19-20(2)24(30-3)9-8-21(19)17-29-14-6-7-22(18-29)23-10-11-26-25(27-23)31-16-15-28-12-4-5-13-28/h8-11,22H,4-7,12-18H2,1-3H3/t22-/m0/s1. The Labute approximate surface area is 191 Å². The van der Waals surface area contributed by atoms with Crippen LogP contribution in [0.25, 0.3) is 0 Å². The van der Waals surface area contributed by atoms with E-state index in [1.165, 1.54) is 61.2 Å². The molecule has 0 radical (unpaired) electrons. The van der Waals surface area contributed by atoms with Crippen molar-refractivity contribution in [3.8, 4) is 5.75 Å². The van der Waals surface area contributed by atoms with Gasteiger partial charge in [-0.1, -0.05) is 17.8 Å². The summed E-state index contributed by atoms with van der Waals surface area (Å²) in [5.41, 5.74) is 5.21. The van der Waals surface area contributed by atoms with E-state index in [0.717, 1.165) is 42.8 Å². The fraction of sp³-hybridized carbons (Fsp3) is 0.600. The maximum Gasteiger partial charge on any atom is 0.187 e. The van der Waals surface area contributed by atoms with Gasteiger partial charge in [0.05, 0.1) is 7.11 Å². The van der Waals surface area contributed by atoms with Gasteiger partial charge in [0, 0.05) is 43.2 Å². The Morgan fingerprint density at radius 3 is 2.65 bits per heavy atom. The molecule has 5 nitrogen and oxygen atoms in total. The van der Waals surface area contributed by atoms with Gasteiger partial charge in [-0.25, -0.2) is 9.97 Å². The smallest absolute Gasteiger partial charge is 0.187 e. The molecule has 2 saturated heterocycles. The Morgan fingerprint density at radius 1 is 1.03 bits per heavy atom. The number of nitrogens with zero attached hydrogens (tertiary/aromatic N) is 4. The van der Waals surface area contributed by atoms with E-state index in [-0.39, 0.29) is 0 Å². The SMILES string of the molecule is COc1ccc(CN2CCC[C@H](c3ccnc(SCCN4CCCC4)n3)C2)c(C)c1C. The summed E-state index contributed by atoms with van der Waals surface area (Å²) in [4.78, 5) is 14.6. The van der Waals surface area contributed by atoms with Gasteiger partial charge in [0.1, 0.15) is 5.75 Å². The Bertz CT molecular complexity index is 869. The molecule has 0 spiro atoms. The zero-order valence-electron chi connectivity index (χ0n) is 19.3. The number of methoxy groups -OCH3 is 1. The molecule has 0 unspecified atom stereocenters. The van der Waals surface area contributed by atoms with Crippen molar-refractivity contribution in [3.05, 3.63) is 46.8 Å². The Hall–Kier alpha value is -1.63. The predicted molar refractivity (Wildman–Crippen MR) is 128 cm³/mol. The monoisotopic (exact) mass is 440 g/mol. The van der Waals surface area contributed by atoms with Gasteiger partial charge in [0.2, 0.25) is 0 Å². The molecule has 1 atom stereocenters. The summed E-state index contributed by atoms with van der Waals surface area (Å²) in [6.45, 7) is 11.2. The minimum Gasteiger partial charge on any atom is -0.496 e. The lowest BCUT2D eigenvalue weighted by molar-refractivity contribution is 0.197. The van der Waals surface area contributed by atoms with Crippen molar-refractivity contribution in [2.45, 2.75) is 57.1 Å². The Balaban J connectivity index is 1.35. The van der Waals surface area contributed by atoms with Crippen molar-refractivity contribution in [2.24, 2.45) is 0 Å². The van der Waals surface area contributed by atoms with Crippen molar-refractivity contribution in [2.75, 3.05) is 45.6 Å². The largest absolute Gasteiger partial charge is 0.496 e. The summed E-state index contributed by atoms with van der Waals surface area (Å²) in [5, 5.41) is 0.940. The Kier molecular flexibility index (Phi) is 7.86. The number of hydrogen-bond acceptors (Lipinski definition) is 6. The molecule has 0 N–H and O–H groups in total. The summed E-state index contributed by atoms with van der Waals surface area (Å²) in [6, 6.07) is 6.46. The first-order chi connectivity index (χ1) is 15.1. The average Bonchev–Trinajstić information content (AvgIpc) is 3.31. The minimum atomic E-state index is 0.495. The molecule has 0 saturated carbocycles. The van der Waals surface area contributed by atoms with E-state index in [2.05, 4.69) is 46.8 Å². The lowest BCUT2D eigenvalue weighted by Crippen LogP contribution is -2.34. The van der Waals surface area contributed by atoms with E-state index in [1.54, 1.807) is 18.9 Å². The molecule has 2 aliphatic heterocycles. The first-order valence-corrected chi connectivity index (χ1v) is 12.7. The molecule has 2 aliphatic rings. The van der Waals surface area contributed by atoms with Gasteiger partial charge in [-0.15, -0.1) is 0 Å². The van der Waals surface area contributed by atoms with Crippen molar-refractivity contribution in [1.29, 1.82) is 0 Å². The van der Waals surface area contributed by atoms with E-state index in [0.29, 0.717) is 5.92 Å². The lowest BCUT2D eigenvalue weighted by Gasteiger charge is -2.33. The van der Waals surface area contributed by atoms with Gasteiger partial charge in [0.15, 0.2) is 5.16 Å². The van der Waals surface area contributed by atoms with Crippen LogP contribution in [-0.2, 0) is 6.54 Å². The first-order valence-electron chi connectivity index (χ1n) is 11.7. The van der Waals surface area contributed by atoms with Gasteiger partial charge < -0.3 is 9.64 Å². The van der Waals surface area contributed by atoms with Crippen LogP contribution in [0, 0.1) is 13.8 Å². The lowest BCUT2D eigenvalue weighted by atomic mass is 9.93. The number of benzene rings is 1. The number of ether oxygens (including phenoxy) is 1. The third-order valence-corrected chi connectivity index (χ3v) is 7.72. The predicted octanol–water partition coefficient (Wildman–Crippen LogP) is 4.67. The number of likely N-dealkylation sites (tertiary alicyclic amines) is 2. The average molecular weight is 441 g/mol. The molecule has 1 aromatic heterocycles. The first kappa shape index (κ1) is 22.6. The van der Waals surface area contributed by atoms with Gasteiger partial charge >= 0.3 is 0 Å². The summed E-state index contributed by atoms with van der Waals surface area (Å²) in [7, 11) is 1.75. The van der Waals surface area contributed by atoms with E-state index in [9.17, 15) is 0 Å². The van der Waals surface area contributed by atoms with Gasteiger partial charge in [0.25, 0.3) is 0 Å². The molecule has 2 aromatic rings. The van der Waals surface area contributed by atoms with Gasteiger partial charge in [-0.3, -0.25) is 4.90 Å². The molecule has 1 aromatic carbocycles. The van der Waals surface area contributed by atoms with Crippen LogP contribution in [0.5, 0.6) is 5.75 Å². The number of hydrogen-bond donors (Lipinski definition) is 0. The number of piperidine rings is 1. The highest BCUT2D eigenvalue weighted by molar-refractivity contribution is 7.99. The molecule has 0 aliphatic carbocycles. The molecule has 6 heteroatoms. The van der Waals surface area contributed by atoms with E-state index < -0.39 is 0 Å². The highest BCUT2D eigenvalue weighted by Crippen LogP contribution is 2.30. The summed E-state index contributed by atoms with van der Waals surface area (Å²) >= 11 is 1.81. The van der Waals surface area contributed by atoms with E-state index in [4.69, 9.17) is 9.72 Å². The van der Waals surface area contributed by atoms with Gasteiger partial charge in [-0.2, -0.15) is 0 Å². The van der Waals surface area contributed by atoms with E-state index >= 15 is 0 Å². The molecule has 3 heterocycles. The van der Waals surface area contributed by atoms with Crippen LogP contribution >= 0.6 is 11.8 Å². The fourth-order valence-electron chi connectivity index (χ4n) is 4.85. The third kappa shape index (κ3) is 5.79. The van der Waals surface area contributed by atoms with Crippen molar-refractivity contribution < 1.29 is 4.74 Å². The maximum absolute atomic E-state index is 5.48. The molecule has 168 valence electrons. The zero-order valence-corrected chi connectivity index (χ0v) is 20.1. The van der Waals surface area contributed by atoms with Crippen molar-refractivity contribution in [1.82, 2.24) is 19.8 Å². The maximum atomic E-state index is 5.48. The van der Waals surface area contributed by atoms with Crippen LogP contribution in [0.2, 0.25) is 0 Å². The molecule has 4 rings (SSSR count). The topological polar surface area (TPSA) is 41.5 Å². The minimum absolute atomic E-state index is 0.495. The van der Waals surface area contributed by atoms with E-state index in [1.807, 2.05) is 6.20 Å². The highest BCUT2D eigenvalue weighted by atomic mass is 32.2. The molecular weight excluding hydrogens is 404 g/mol. The van der Waals surface area contributed by atoms with Crippen LogP contribution in [0.3, 0.4) is 0 Å². The van der Waals surface area contributed by atoms with Crippen LogP contribution < -0.4 is 4.74 Å². The van der Waals surface area contributed by atoms with Crippen molar-refractivity contribution >= 4 is 11.8 Å². The quantitative estimate of drug-likeness (QED) is 0.439. The summed E-state index contributed by atoms with van der Waals surface area (Å²) in [5.74, 6) is 2.55. The molecule has 31 heavy (non-hydrogen) atoms. The summed E-state index contributed by atoms with van der Waals surface area (Å²) in [6.07, 6.45) is 7.09. The highest BCUT2D eigenvalue weighted by Gasteiger charge is 2.23. The van der Waals surface area contributed by atoms with Crippen LogP contribution in [0.4, 0.5) is 0 Å². The molecule has 2 fully saturated rings. The molecular formula is C25H36N4OS. The molecule has 0 bridgehead atoms. The summed E-state index contributed by atoms with van der Waals surface area (Å²) < 4.78 is 5.48. The second-order valence-corrected chi connectivity index (χ2v) is 9.97. The molecule has 0 amide bonds. The van der Waals surface area contributed by atoms with Crippen LogP contribution in [-0.4, -0.2) is 65.4 Å². The van der Waals surface area contributed by atoms with Gasteiger partial charge in [-0.05, 0) is 88.0 Å². The fourth-order valence-corrected chi connectivity index (χ4v) is 5.69. The second kappa shape index (κ2) is 10.8.